The maximum absolute atomic E-state index is 13.0. The molecule has 0 spiro atoms. The van der Waals surface area contributed by atoms with Gasteiger partial charge in [0.15, 0.2) is 0 Å². The van der Waals surface area contributed by atoms with E-state index in [1.165, 1.54) is 12.8 Å². The van der Waals surface area contributed by atoms with Gasteiger partial charge in [-0.2, -0.15) is 0 Å². The normalized spacial score (nSPS) is 22.0. The summed E-state index contributed by atoms with van der Waals surface area (Å²) in [5, 5.41) is 3.65. The van der Waals surface area contributed by atoms with Crippen LogP contribution in [0.15, 0.2) is 29.5 Å². The first-order valence-corrected chi connectivity index (χ1v) is 9.88. The Hall–Kier alpha value is -1.52. The zero-order chi connectivity index (χ0) is 18.7. The Morgan fingerprint density at radius 1 is 1.12 bits per heavy atom. The molecule has 1 atom stereocenters. The summed E-state index contributed by atoms with van der Waals surface area (Å²) in [5.74, 6) is -1.03. The van der Waals surface area contributed by atoms with Crippen molar-refractivity contribution in [1.82, 2.24) is 5.32 Å². The summed E-state index contributed by atoms with van der Waals surface area (Å²) in [5.41, 5.74) is 1.57. The smallest absolute Gasteiger partial charge is 0.336 e. The summed E-state index contributed by atoms with van der Waals surface area (Å²) in [6.45, 7) is 1.72. The number of allylic oxidation sites excluding steroid dienone is 1. The highest BCUT2D eigenvalue weighted by molar-refractivity contribution is 6.36. The first kappa shape index (κ1) is 19.2. The number of benzene rings is 1. The van der Waals surface area contributed by atoms with E-state index in [2.05, 4.69) is 5.32 Å². The summed E-state index contributed by atoms with van der Waals surface area (Å²) >= 11 is 12.7. The molecular weight excluding hydrogens is 373 g/mol. The maximum Gasteiger partial charge on any atom is 0.336 e. The molecule has 6 heteroatoms. The van der Waals surface area contributed by atoms with Gasteiger partial charge in [0.2, 0.25) is 5.91 Å². The first-order chi connectivity index (χ1) is 12.5. The van der Waals surface area contributed by atoms with Gasteiger partial charge in [0.1, 0.15) is 6.10 Å². The van der Waals surface area contributed by atoms with E-state index >= 15 is 0 Å². The highest BCUT2D eigenvalue weighted by atomic mass is 35.5. The van der Waals surface area contributed by atoms with E-state index in [9.17, 15) is 9.59 Å². The zero-order valence-electron chi connectivity index (χ0n) is 14.8. The minimum Gasteiger partial charge on any atom is -0.459 e. The fourth-order valence-corrected chi connectivity index (χ4v) is 4.50. The number of amides is 1. The molecule has 4 nitrogen and oxygen atoms in total. The highest BCUT2D eigenvalue weighted by Gasteiger charge is 2.36. The number of hydrogen-bond donors (Lipinski definition) is 1. The topological polar surface area (TPSA) is 55.4 Å². The predicted octanol–water partition coefficient (Wildman–Crippen LogP) is 5.14. The number of carbonyl (C=O) groups excluding carboxylic acids is 2. The third-order valence-corrected chi connectivity index (χ3v) is 5.77. The number of rotatable bonds is 3. The molecule has 1 aliphatic carbocycles. The molecule has 26 heavy (non-hydrogen) atoms. The first-order valence-electron chi connectivity index (χ1n) is 9.13. The molecule has 0 saturated heterocycles. The fraction of sp³-hybridized carbons (Fsp3) is 0.500. The summed E-state index contributed by atoms with van der Waals surface area (Å²) in [7, 11) is 0. The van der Waals surface area contributed by atoms with Crippen molar-refractivity contribution < 1.29 is 14.3 Å². The van der Waals surface area contributed by atoms with Crippen molar-refractivity contribution in [2.75, 3.05) is 0 Å². The van der Waals surface area contributed by atoms with Gasteiger partial charge in [-0.1, -0.05) is 42.1 Å². The molecule has 0 radical (unpaired) electrons. The van der Waals surface area contributed by atoms with Gasteiger partial charge in [-0.3, -0.25) is 4.79 Å². The molecular formula is C20H23Cl2NO3. The van der Waals surface area contributed by atoms with E-state index in [-0.39, 0.29) is 24.4 Å². The molecule has 1 N–H and O–H groups in total. The molecule has 140 valence electrons. The van der Waals surface area contributed by atoms with Crippen LogP contribution in [-0.2, 0) is 14.3 Å². The maximum atomic E-state index is 13.0. The Morgan fingerprint density at radius 3 is 2.35 bits per heavy atom. The lowest BCUT2D eigenvalue weighted by Gasteiger charge is -2.29. The number of halogens is 2. The van der Waals surface area contributed by atoms with Crippen LogP contribution in [0.4, 0.5) is 0 Å². The second-order valence-corrected chi connectivity index (χ2v) is 7.81. The largest absolute Gasteiger partial charge is 0.459 e. The van der Waals surface area contributed by atoms with E-state index in [0.29, 0.717) is 26.9 Å². The third-order valence-electron chi connectivity index (χ3n) is 5.11. The van der Waals surface area contributed by atoms with Crippen molar-refractivity contribution in [2.24, 2.45) is 0 Å². The van der Waals surface area contributed by atoms with Gasteiger partial charge >= 0.3 is 5.97 Å². The van der Waals surface area contributed by atoms with Gasteiger partial charge in [0.05, 0.1) is 5.57 Å². The minimum atomic E-state index is -0.497. The van der Waals surface area contributed by atoms with Gasteiger partial charge in [0, 0.05) is 28.1 Å². The summed E-state index contributed by atoms with van der Waals surface area (Å²) in [6.07, 6.45) is 6.36. The second kappa shape index (κ2) is 8.45. The molecule has 1 heterocycles. The van der Waals surface area contributed by atoms with Crippen LogP contribution >= 0.6 is 23.2 Å². The van der Waals surface area contributed by atoms with Crippen LogP contribution < -0.4 is 5.32 Å². The molecule has 1 saturated carbocycles. The second-order valence-electron chi connectivity index (χ2n) is 7.00. The molecule has 1 aromatic carbocycles. The Morgan fingerprint density at radius 2 is 1.73 bits per heavy atom. The summed E-state index contributed by atoms with van der Waals surface area (Å²) < 4.78 is 5.81. The van der Waals surface area contributed by atoms with Crippen LogP contribution in [-0.4, -0.2) is 18.0 Å². The monoisotopic (exact) mass is 395 g/mol. The van der Waals surface area contributed by atoms with Crippen LogP contribution in [0, 0.1) is 0 Å². The van der Waals surface area contributed by atoms with Gasteiger partial charge in [-0.25, -0.2) is 4.79 Å². The molecule has 0 unspecified atom stereocenters. The quantitative estimate of drug-likeness (QED) is 0.569. The van der Waals surface area contributed by atoms with Crippen molar-refractivity contribution in [3.8, 4) is 0 Å². The average molecular weight is 396 g/mol. The zero-order valence-corrected chi connectivity index (χ0v) is 16.3. The third kappa shape index (κ3) is 4.24. The molecule has 1 aliphatic heterocycles. The van der Waals surface area contributed by atoms with Crippen LogP contribution in [0.1, 0.15) is 63.4 Å². The van der Waals surface area contributed by atoms with Crippen molar-refractivity contribution in [1.29, 1.82) is 0 Å². The van der Waals surface area contributed by atoms with Crippen molar-refractivity contribution in [3.05, 3.63) is 45.1 Å². The minimum absolute atomic E-state index is 0.0645. The van der Waals surface area contributed by atoms with E-state index in [1.54, 1.807) is 25.1 Å². The van der Waals surface area contributed by atoms with Crippen LogP contribution in [0.25, 0.3) is 0 Å². The van der Waals surface area contributed by atoms with Gasteiger partial charge in [-0.15, -0.1) is 0 Å². The fourth-order valence-electron chi connectivity index (χ4n) is 3.84. The van der Waals surface area contributed by atoms with Gasteiger partial charge < -0.3 is 10.1 Å². The average Bonchev–Trinajstić information content (AvgIpc) is 2.82. The molecule has 0 aromatic heterocycles. The Labute approximate surface area is 163 Å². The van der Waals surface area contributed by atoms with Crippen LogP contribution in [0.3, 0.4) is 0 Å². The molecule has 3 rings (SSSR count). The van der Waals surface area contributed by atoms with Gasteiger partial charge in [-0.05, 0) is 50.3 Å². The molecule has 2 aliphatic rings. The van der Waals surface area contributed by atoms with E-state index in [1.807, 2.05) is 0 Å². The lowest BCUT2D eigenvalue weighted by molar-refractivity contribution is -0.145. The SMILES string of the molecule is CC1=C(C(=O)OC2CCCCCC2)[C@@H](c2c(Cl)cccc2Cl)CC(=O)N1. The van der Waals surface area contributed by atoms with E-state index in [0.717, 1.165) is 25.7 Å². The number of ether oxygens (including phenoxy) is 1. The lowest BCUT2D eigenvalue weighted by Crippen LogP contribution is -2.35. The van der Waals surface area contributed by atoms with Crippen LogP contribution in [0.2, 0.25) is 10.0 Å². The number of carbonyl (C=O) groups is 2. The number of nitrogens with one attached hydrogen (secondary N) is 1. The standard InChI is InChI=1S/C20H23Cl2NO3/c1-12-18(20(25)26-13-7-4-2-3-5-8-13)14(11-17(24)23-12)19-15(21)9-6-10-16(19)22/h6,9-10,13-14H,2-5,7-8,11H2,1H3,(H,23,24)/t14-/m0/s1. The Bertz CT molecular complexity index is 716. The Kier molecular flexibility index (Phi) is 6.25. The molecule has 1 aromatic rings. The number of hydrogen-bond acceptors (Lipinski definition) is 3. The van der Waals surface area contributed by atoms with E-state index in [4.69, 9.17) is 27.9 Å². The molecule has 1 amide bonds. The highest BCUT2D eigenvalue weighted by Crippen LogP contribution is 2.41. The predicted molar refractivity (Wildman–Crippen MR) is 102 cm³/mol. The molecule has 0 bridgehead atoms. The number of esters is 1. The van der Waals surface area contributed by atoms with Crippen LogP contribution in [0.5, 0.6) is 0 Å². The molecule has 1 fully saturated rings. The van der Waals surface area contributed by atoms with E-state index < -0.39 is 5.92 Å². The lowest BCUT2D eigenvalue weighted by atomic mass is 9.84. The van der Waals surface area contributed by atoms with Crippen molar-refractivity contribution in [3.63, 3.8) is 0 Å². The summed E-state index contributed by atoms with van der Waals surface area (Å²) in [4.78, 5) is 25.1. The Balaban J connectivity index is 1.91. The van der Waals surface area contributed by atoms with Crippen molar-refractivity contribution in [2.45, 2.75) is 63.9 Å². The van der Waals surface area contributed by atoms with Gasteiger partial charge in [0.25, 0.3) is 0 Å². The summed E-state index contributed by atoms with van der Waals surface area (Å²) in [6, 6.07) is 5.19. The van der Waals surface area contributed by atoms with Crippen molar-refractivity contribution >= 4 is 35.1 Å².